The predicted molar refractivity (Wildman–Crippen MR) is 108 cm³/mol. The van der Waals surface area contributed by atoms with Gasteiger partial charge in [-0.15, -0.1) is 0 Å². The van der Waals surface area contributed by atoms with E-state index in [-0.39, 0.29) is 29.5 Å². The minimum absolute atomic E-state index is 0.00969. The lowest BCUT2D eigenvalue weighted by Crippen LogP contribution is -2.49. The third-order valence-electron chi connectivity index (χ3n) is 6.07. The lowest BCUT2D eigenvalue weighted by molar-refractivity contribution is -0.140. The first kappa shape index (κ1) is 20.6. The van der Waals surface area contributed by atoms with E-state index >= 15 is 0 Å². The molecule has 10 heteroatoms. The molecule has 4 rings (SSSR count). The summed E-state index contributed by atoms with van der Waals surface area (Å²) >= 11 is 0. The lowest BCUT2D eigenvalue weighted by atomic mass is 9.92. The van der Waals surface area contributed by atoms with Crippen LogP contribution >= 0.6 is 0 Å². The van der Waals surface area contributed by atoms with Crippen molar-refractivity contribution in [3.05, 3.63) is 29.8 Å². The van der Waals surface area contributed by atoms with Crippen LogP contribution in [0.25, 0.3) is 0 Å². The number of hydrogen-bond acceptors (Lipinski definition) is 6. The number of amides is 4. The van der Waals surface area contributed by atoms with E-state index in [9.17, 15) is 22.8 Å². The molecule has 3 fully saturated rings. The second-order valence-corrected chi connectivity index (χ2v) is 10.5. The van der Waals surface area contributed by atoms with E-state index < -0.39 is 33.9 Å². The number of sulfone groups is 1. The molecule has 2 atom stereocenters. The topological polar surface area (TPSA) is 113 Å². The molecule has 0 aromatic heterocycles. The zero-order valence-electron chi connectivity index (χ0n) is 17.0. The van der Waals surface area contributed by atoms with Gasteiger partial charge in [-0.25, -0.2) is 13.2 Å². The fourth-order valence-electron chi connectivity index (χ4n) is 4.23. The molecule has 1 N–H and O–H groups in total. The quantitative estimate of drug-likeness (QED) is 0.656. The first-order valence-corrected chi connectivity index (χ1v) is 11.8. The molecule has 162 valence electrons. The molecule has 1 saturated carbocycles. The summed E-state index contributed by atoms with van der Waals surface area (Å²) in [4.78, 5) is 41.2. The molecule has 0 spiro atoms. The van der Waals surface area contributed by atoms with Crippen molar-refractivity contribution in [1.29, 1.82) is 0 Å². The summed E-state index contributed by atoms with van der Waals surface area (Å²) in [5.74, 6) is -0.271. The van der Waals surface area contributed by atoms with Crippen molar-refractivity contribution in [3.63, 3.8) is 0 Å². The SMILES string of the molecule is COc1ccc([C@]2(C)NC(=O)N(CC(=O)N(C3CC3)[C@H]3CCS(=O)(=O)C3)C2=O)cc1. The van der Waals surface area contributed by atoms with Gasteiger partial charge in [0.25, 0.3) is 5.91 Å². The van der Waals surface area contributed by atoms with Gasteiger partial charge in [-0.3, -0.25) is 14.5 Å². The highest BCUT2D eigenvalue weighted by Crippen LogP contribution is 2.34. The summed E-state index contributed by atoms with van der Waals surface area (Å²) in [5, 5.41) is 2.69. The minimum Gasteiger partial charge on any atom is -0.497 e. The highest BCUT2D eigenvalue weighted by Gasteiger charge is 2.51. The van der Waals surface area contributed by atoms with Gasteiger partial charge in [-0.05, 0) is 43.9 Å². The molecule has 30 heavy (non-hydrogen) atoms. The first-order valence-electron chi connectivity index (χ1n) is 9.95. The van der Waals surface area contributed by atoms with Crippen molar-refractivity contribution in [3.8, 4) is 5.75 Å². The van der Waals surface area contributed by atoms with Gasteiger partial charge in [-0.2, -0.15) is 0 Å². The molecule has 2 heterocycles. The number of carbonyl (C=O) groups is 3. The summed E-state index contributed by atoms with van der Waals surface area (Å²) in [6, 6.07) is 5.76. The average molecular weight is 436 g/mol. The van der Waals surface area contributed by atoms with Gasteiger partial charge in [-0.1, -0.05) is 12.1 Å². The van der Waals surface area contributed by atoms with Crippen molar-refractivity contribution in [1.82, 2.24) is 15.1 Å². The number of rotatable bonds is 6. The Morgan fingerprint density at radius 3 is 2.40 bits per heavy atom. The number of imide groups is 1. The van der Waals surface area contributed by atoms with E-state index in [0.29, 0.717) is 17.7 Å². The third-order valence-corrected chi connectivity index (χ3v) is 7.82. The zero-order valence-corrected chi connectivity index (χ0v) is 17.8. The number of nitrogens with one attached hydrogen (secondary N) is 1. The maximum atomic E-state index is 13.1. The summed E-state index contributed by atoms with van der Waals surface area (Å²) in [5.41, 5.74) is -0.706. The molecular formula is C20H25N3O6S. The van der Waals surface area contributed by atoms with E-state index in [0.717, 1.165) is 17.7 Å². The Kier molecular flexibility index (Phi) is 5.00. The fraction of sp³-hybridized carbons (Fsp3) is 0.550. The summed E-state index contributed by atoms with van der Waals surface area (Å²) in [6.07, 6.45) is 2.02. The number of nitrogens with zero attached hydrogens (tertiary/aromatic N) is 2. The third kappa shape index (κ3) is 3.64. The normalized spacial score (nSPS) is 27.8. The van der Waals surface area contributed by atoms with Crippen LogP contribution in [0.1, 0.15) is 31.7 Å². The number of benzene rings is 1. The van der Waals surface area contributed by atoms with Gasteiger partial charge in [0.15, 0.2) is 9.84 Å². The second kappa shape index (κ2) is 7.26. The van der Waals surface area contributed by atoms with Crippen LogP contribution in [0.2, 0.25) is 0 Å². The molecule has 2 aliphatic heterocycles. The van der Waals surface area contributed by atoms with E-state index in [1.54, 1.807) is 36.1 Å². The van der Waals surface area contributed by atoms with Crippen LogP contribution in [-0.4, -0.2) is 73.3 Å². The number of methoxy groups -OCH3 is 1. The molecular weight excluding hydrogens is 410 g/mol. The van der Waals surface area contributed by atoms with E-state index in [1.165, 1.54) is 7.11 Å². The maximum Gasteiger partial charge on any atom is 0.325 e. The summed E-state index contributed by atoms with van der Waals surface area (Å²) in [6.45, 7) is 1.20. The number of hydrogen-bond donors (Lipinski definition) is 1. The zero-order chi connectivity index (χ0) is 21.7. The predicted octanol–water partition coefficient (Wildman–Crippen LogP) is 0.640. The average Bonchev–Trinajstić information content (AvgIpc) is 3.43. The van der Waals surface area contributed by atoms with Crippen molar-refractivity contribution in [2.75, 3.05) is 25.2 Å². The Balaban J connectivity index is 1.51. The standard InChI is InChI=1S/C20H25N3O6S/c1-20(13-3-7-16(29-2)8-4-13)18(25)22(19(26)21-20)11-17(24)23(14-5-6-14)15-9-10-30(27,28)12-15/h3-4,7-8,14-15H,5-6,9-12H2,1-2H3,(H,21,26)/t15-,20-/m0/s1. The van der Waals surface area contributed by atoms with E-state index in [1.807, 2.05) is 0 Å². The Hall–Kier alpha value is -2.62. The fourth-order valence-corrected chi connectivity index (χ4v) is 5.94. The number of urea groups is 1. The van der Waals surface area contributed by atoms with Gasteiger partial charge < -0.3 is 15.0 Å². The van der Waals surface area contributed by atoms with Crippen molar-refractivity contribution in [2.45, 2.75) is 43.8 Å². The Bertz CT molecular complexity index is 988. The highest BCUT2D eigenvalue weighted by atomic mass is 32.2. The van der Waals surface area contributed by atoms with Crippen LogP contribution in [0.15, 0.2) is 24.3 Å². The van der Waals surface area contributed by atoms with Crippen molar-refractivity contribution >= 4 is 27.7 Å². The molecule has 1 aliphatic carbocycles. The van der Waals surface area contributed by atoms with Crippen LogP contribution < -0.4 is 10.1 Å². The van der Waals surface area contributed by atoms with Crippen LogP contribution in [0, 0.1) is 0 Å². The smallest absolute Gasteiger partial charge is 0.325 e. The molecule has 0 unspecified atom stereocenters. The monoisotopic (exact) mass is 435 g/mol. The minimum atomic E-state index is -3.15. The molecule has 3 aliphatic rings. The van der Waals surface area contributed by atoms with Gasteiger partial charge in [0.2, 0.25) is 5.91 Å². The molecule has 2 saturated heterocycles. The molecule has 0 bridgehead atoms. The molecule has 4 amide bonds. The highest BCUT2D eigenvalue weighted by molar-refractivity contribution is 7.91. The lowest BCUT2D eigenvalue weighted by Gasteiger charge is -2.30. The van der Waals surface area contributed by atoms with Crippen LogP contribution in [0.4, 0.5) is 4.79 Å². The van der Waals surface area contributed by atoms with Gasteiger partial charge >= 0.3 is 6.03 Å². The number of ether oxygens (including phenoxy) is 1. The Morgan fingerprint density at radius 2 is 1.87 bits per heavy atom. The van der Waals surface area contributed by atoms with Gasteiger partial charge in [0.1, 0.15) is 17.8 Å². The van der Waals surface area contributed by atoms with E-state index in [2.05, 4.69) is 5.32 Å². The summed E-state index contributed by atoms with van der Waals surface area (Å²) < 4.78 is 28.9. The first-order chi connectivity index (χ1) is 14.1. The van der Waals surface area contributed by atoms with Crippen molar-refractivity contribution < 1.29 is 27.5 Å². The van der Waals surface area contributed by atoms with Crippen LogP contribution in [0.5, 0.6) is 5.75 Å². The summed E-state index contributed by atoms with van der Waals surface area (Å²) in [7, 11) is -1.62. The molecule has 1 aromatic rings. The van der Waals surface area contributed by atoms with E-state index in [4.69, 9.17) is 4.74 Å². The molecule has 0 radical (unpaired) electrons. The Morgan fingerprint density at radius 1 is 1.20 bits per heavy atom. The van der Waals surface area contributed by atoms with Gasteiger partial charge in [0, 0.05) is 12.1 Å². The Labute approximate surface area is 175 Å². The van der Waals surface area contributed by atoms with Crippen LogP contribution in [0.3, 0.4) is 0 Å². The van der Waals surface area contributed by atoms with Crippen molar-refractivity contribution in [2.24, 2.45) is 0 Å². The van der Waals surface area contributed by atoms with Gasteiger partial charge in [0.05, 0.1) is 18.6 Å². The van der Waals surface area contributed by atoms with Crippen LogP contribution in [-0.2, 0) is 25.0 Å². The largest absolute Gasteiger partial charge is 0.497 e. The second-order valence-electron chi connectivity index (χ2n) is 8.26. The number of carbonyl (C=O) groups excluding carboxylic acids is 3. The maximum absolute atomic E-state index is 13.1. The molecule has 1 aromatic carbocycles. The molecule has 9 nitrogen and oxygen atoms in total.